The molecule has 9 aromatic rings. The second-order valence-corrected chi connectivity index (χ2v) is 11.5. The molecule has 0 unspecified atom stereocenters. The van der Waals surface area contributed by atoms with Crippen LogP contribution in [0.4, 0.5) is 0 Å². The lowest BCUT2D eigenvalue weighted by Gasteiger charge is -2.19. The summed E-state index contributed by atoms with van der Waals surface area (Å²) in [5, 5.41) is 4.30. The van der Waals surface area contributed by atoms with Crippen LogP contribution in [-0.4, -0.2) is 19.9 Å². The van der Waals surface area contributed by atoms with Gasteiger partial charge in [-0.05, 0) is 74.1 Å². The van der Waals surface area contributed by atoms with Gasteiger partial charge in [0.25, 0.3) is 0 Å². The van der Waals surface area contributed by atoms with Crippen molar-refractivity contribution in [3.63, 3.8) is 0 Å². The quantitative estimate of drug-likeness (QED) is 0.173. The first-order chi connectivity index (χ1) is 23.8. The molecule has 6 heteroatoms. The molecular formula is C42H26N4O2. The molecule has 0 saturated heterocycles. The maximum absolute atomic E-state index is 5.30. The molecule has 0 aliphatic carbocycles. The number of hydrogen-bond donors (Lipinski definition) is 0. The number of oxazole rings is 2. The molecule has 0 saturated carbocycles. The smallest absolute Gasteiger partial charge is 0.181 e. The normalized spacial score (nSPS) is 11.3. The summed E-state index contributed by atoms with van der Waals surface area (Å²) in [6.07, 6.45) is 6.10. The Bertz CT molecular complexity index is 2560. The molecule has 0 fully saturated rings. The molecule has 6 nitrogen and oxygen atoms in total. The molecule has 0 aliphatic rings. The zero-order chi connectivity index (χ0) is 31.9. The third-order valence-electron chi connectivity index (χ3n) is 8.75. The molecule has 0 radical (unpaired) electrons. The molecule has 5 aromatic carbocycles. The van der Waals surface area contributed by atoms with E-state index in [1.807, 2.05) is 30.3 Å². The molecule has 4 aromatic heterocycles. The highest BCUT2D eigenvalue weighted by atomic mass is 16.3. The standard InChI is InChI=1S/C42H26N4O2/c1-2-10-27(11-3-1)29-12-4-5-13-30(29)28-20-21-33-34(22-28)42(38-19-9-17-36(46-38)40-24-48-26-44-40)32-15-7-6-14-31(32)41(33)37-18-8-16-35(45-37)39-23-47-25-43-39/h1-26H. The predicted octanol–water partition coefficient (Wildman–Crippen LogP) is 10.8. The van der Waals surface area contributed by atoms with Crippen molar-refractivity contribution < 1.29 is 8.83 Å². The van der Waals surface area contributed by atoms with Crippen molar-refractivity contribution >= 4 is 21.5 Å². The van der Waals surface area contributed by atoms with Crippen LogP contribution in [-0.2, 0) is 0 Å². The first kappa shape index (κ1) is 27.6. The van der Waals surface area contributed by atoms with Gasteiger partial charge in [-0.15, -0.1) is 0 Å². The van der Waals surface area contributed by atoms with Gasteiger partial charge >= 0.3 is 0 Å². The summed E-state index contributed by atoms with van der Waals surface area (Å²) < 4.78 is 10.6. The summed E-state index contributed by atoms with van der Waals surface area (Å²) >= 11 is 0. The van der Waals surface area contributed by atoms with E-state index in [2.05, 4.69) is 113 Å². The van der Waals surface area contributed by atoms with E-state index in [9.17, 15) is 0 Å². The van der Waals surface area contributed by atoms with Gasteiger partial charge in [-0.1, -0.05) is 103 Å². The van der Waals surface area contributed by atoms with E-state index in [4.69, 9.17) is 18.8 Å². The highest BCUT2D eigenvalue weighted by Gasteiger charge is 2.20. The van der Waals surface area contributed by atoms with Crippen LogP contribution >= 0.6 is 0 Å². The van der Waals surface area contributed by atoms with Crippen molar-refractivity contribution in [3.05, 3.63) is 159 Å². The number of fused-ring (bicyclic) bond motifs is 2. The monoisotopic (exact) mass is 618 g/mol. The predicted molar refractivity (Wildman–Crippen MR) is 190 cm³/mol. The van der Waals surface area contributed by atoms with Crippen LogP contribution in [0.25, 0.3) is 89.1 Å². The molecule has 226 valence electrons. The largest absolute Gasteiger partial charge is 0.451 e. The fourth-order valence-electron chi connectivity index (χ4n) is 6.61. The Morgan fingerprint density at radius 2 is 0.854 bits per heavy atom. The number of benzene rings is 5. The van der Waals surface area contributed by atoms with Crippen molar-refractivity contribution in [3.8, 4) is 67.5 Å². The van der Waals surface area contributed by atoms with Crippen molar-refractivity contribution in [2.45, 2.75) is 0 Å². The zero-order valence-corrected chi connectivity index (χ0v) is 25.6. The number of nitrogens with zero attached hydrogens (tertiary/aromatic N) is 4. The summed E-state index contributed by atoms with van der Waals surface area (Å²) in [6, 6.07) is 46.4. The molecule has 0 aliphatic heterocycles. The van der Waals surface area contributed by atoms with Crippen LogP contribution in [0.2, 0.25) is 0 Å². The summed E-state index contributed by atoms with van der Waals surface area (Å²) in [6.45, 7) is 0. The average molecular weight is 619 g/mol. The number of hydrogen-bond acceptors (Lipinski definition) is 6. The van der Waals surface area contributed by atoms with E-state index in [0.717, 1.165) is 66.6 Å². The van der Waals surface area contributed by atoms with Gasteiger partial charge in [0.15, 0.2) is 12.8 Å². The van der Waals surface area contributed by atoms with Crippen LogP contribution < -0.4 is 0 Å². The van der Waals surface area contributed by atoms with Crippen LogP contribution in [0.5, 0.6) is 0 Å². The number of rotatable bonds is 6. The molecule has 0 N–H and O–H groups in total. The van der Waals surface area contributed by atoms with Crippen LogP contribution in [0.1, 0.15) is 0 Å². The van der Waals surface area contributed by atoms with Crippen LogP contribution in [0, 0.1) is 0 Å². The highest BCUT2D eigenvalue weighted by Crippen LogP contribution is 2.45. The maximum atomic E-state index is 5.30. The minimum Gasteiger partial charge on any atom is -0.451 e. The Morgan fingerprint density at radius 3 is 1.44 bits per heavy atom. The Labute approximate surface area is 276 Å². The van der Waals surface area contributed by atoms with Gasteiger partial charge in [0, 0.05) is 11.1 Å². The van der Waals surface area contributed by atoms with Gasteiger partial charge in [-0.2, -0.15) is 0 Å². The minimum absolute atomic E-state index is 0.688. The molecule has 48 heavy (non-hydrogen) atoms. The Morgan fingerprint density at radius 1 is 0.354 bits per heavy atom. The molecule has 0 atom stereocenters. The van der Waals surface area contributed by atoms with Crippen molar-refractivity contribution in [1.29, 1.82) is 0 Å². The second kappa shape index (κ2) is 11.6. The summed E-state index contributed by atoms with van der Waals surface area (Å²) in [5.41, 5.74) is 11.3. The fourth-order valence-corrected chi connectivity index (χ4v) is 6.61. The summed E-state index contributed by atoms with van der Waals surface area (Å²) in [5.74, 6) is 0. The van der Waals surface area contributed by atoms with Gasteiger partial charge in [-0.25, -0.2) is 19.9 Å². The van der Waals surface area contributed by atoms with Gasteiger partial charge in [-0.3, -0.25) is 0 Å². The zero-order valence-electron chi connectivity index (χ0n) is 25.6. The van der Waals surface area contributed by atoms with E-state index in [-0.39, 0.29) is 0 Å². The lowest BCUT2D eigenvalue weighted by molar-refractivity contribution is 0.558. The summed E-state index contributed by atoms with van der Waals surface area (Å²) in [4.78, 5) is 19.0. The van der Waals surface area contributed by atoms with E-state index in [1.54, 1.807) is 12.5 Å². The SMILES string of the molecule is c1ccc(-c2ccccc2-c2ccc3c(-c4cccc(-c5cocn5)n4)c4ccccc4c(-c4cccc(-c5cocn5)n4)c3c2)cc1. The van der Waals surface area contributed by atoms with E-state index < -0.39 is 0 Å². The lowest BCUT2D eigenvalue weighted by Crippen LogP contribution is -1.96. The first-order valence-electron chi connectivity index (χ1n) is 15.7. The lowest BCUT2D eigenvalue weighted by atomic mass is 9.86. The number of aromatic nitrogens is 4. The third-order valence-corrected chi connectivity index (χ3v) is 8.75. The van der Waals surface area contributed by atoms with E-state index in [0.29, 0.717) is 11.4 Å². The van der Waals surface area contributed by atoms with Gasteiger partial charge < -0.3 is 8.83 Å². The second-order valence-electron chi connectivity index (χ2n) is 11.5. The minimum atomic E-state index is 0.688. The maximum Gasteiger partial charge on any atom is 0.181 e. The van der Waals surface area contributed by atoms with Crippen molar-refractivity contribution in [2.75, 3.05) is 0 Å². The van der Waals surface area contributed by atoms with Gasteiger partial charge in [0.1, 0.15) is 23.9 Å². The fraction of sp³-hybridized carbons (Fsp3) is 0. The number of pyridine rings is 2. The highest BCUT2D eigenvalue weighted by molar-refractivity contribution is 6.21. The molecule has 0 amide bonds. The van der Waals surface area contributed by atoms with E-state index in [1.165, 1.54) is 23.9 Å². The Balaban J connectivity index is 1.36. The van der Waals surface area contributed by atoms with Crippen LogP contribution in [0.3, 0.4) is 0 Å². The van der Waals surface area contributed by atoms with Crippen molar-refractivity contribution in [2.24, 2.45) is 0 Å². The van der Waals surface area contributed by atoms with Gasteiger partial charge in [0.2, 0.25) is 0 Å². The average Bonchev–Trinajstić information content (AvgIpc) is 3.90. The Hall–Kier alpha value is -6.66. The third kappa shape index (κ3) is 4.75. The molecule has 4 heterocycles. The van der Waals surface area contributed by atoms with E-state index >= 15 is 0 Å². The first-order valence-corrected chi connectivity index (χ1v) is 15.7. The topological polar surface area (TPSA) is 77.8 Å². The molecule has 0 bridgehead atoms. The Kier molecular flexibility index (Phi) is 6.68. The van der Waals surface area contributed by atoms with Gasteiger partial charge in [0.05, 0.1) is 22.8 Å². The summed E-state index contributed by atoms with van der Waals surface area (Å²) in [7, 11) is 0. The molecule has 0 spiro atoms. The van der Waals surface area contributed by atoms with Crippen molar-refractivity contribution in [1.82, 2.24) is 19.9 Å². The molecule has 9 rings (SSSR count). The van der Waals surface area contributed by atoms with Crippen LogP contribution in [0.15, 0.2) is 168 Å². The molecular weight excluding hydrogens is 592 g/mol.